The van der Waals surface area contributed by atoms with Crippen LogP contribution in [0.3, 0.4) is 0 Å². The lowest BCUT2D eigenvalue weighted by atomic mass is 10.0. The van der Waals surface area contributed by atoms with E-state index in [0.29, 0.717) is 12.5 Å². The summed E-state index contributed by atoms with van der Waals surface area (Å²) in [5, 5.41) is 8.92. The molecule has 0 aliphatic heterocycles. The van der Waals surface area contributed by atoms with Gasteiger partial charge in [0.2, 0.25) is 0 Å². The lowest BCUT2D eigenvalue weighted by Crippen LogP contribution is -2.21. The molecule has 0 heterocycles. The highest BCUT2D eigenvalue weighted by molar-refractivity contribution is 5.59. The minimum atomic E-state index is 0.144. The molecular weight excluding hydrogens is 202 g/mol. The molecule has 90 valence electrons. The van der Waals surface area contributed by atoms with Gasteiger partial charge in [0, 0.05) is 13.6 Å². The van der Waals surface area contributed by atoms with E-state index < -0.39 is 0 Å². The summed E-state index contributed by atoms with van der Waals surface area (Å²) in [6.07, 6.45) is 0. The maximum Gasteiger partial charge on any atom is 0.142 e. The number of ether oxygens (including phenoxy) is 1. The molecule has 0 amide bonds. The van der Waals surface area contributed by atoms with Gasteiger partial charge in [0.05, 0.1) is 19.4 Å². The lowest BCUT2D eigenvalue weighted by Gasteiger charge is -2.21. The molecule has 0 unspecified atom stereocenters. The Balaban J connectivity index is 3.01. The molecule has 0 saturated heterocycles. The van der Waals surface area contributed by atoms with Gasteiger partial charge in [0.1, 0.15) is 5.75 Å². The summed E-state index contributed by atoms with van der Waals surface area (Å²) in [6.45, 7) is 5.07. The van der Waals surface area contributed by atoms with Crippen LogP contribution in [0.25, 0.3) is 0 Å². The number of aliphatic hydroxyl groups excluding tert-OH is 1. The zero-order valence-corrected chi connectivity index (χ0v) is 10.5. The van der Waals surface area contributed by atoms with Gasteiger partial charge < -0.3 is 14.7 Å². The SMILES string of the molecule is COc1cc(C(C)C)ccc1N(C)CCO. The fraction of sp³-hybridized carbons (Fsp3) is 0.538. The molecule has 1 N–H and O–H groups in total. The first-order chi connectivity index (χ1) is 7.60. The number of aliphatic hydroxyl groups is 1. The molecule has 0 bridgehead atoms. The summed E-state index contributed by atoms with van der Waals surface area (Å²) in [6, 6.07) is 6.22. The van der Waals surface area contributed by atoms with E-state index in [-0.39, 0.29) is 6.61 Å². The molecule has 16 heavy (non-hydrogen) atoms. The van der Waals surface area contributed by atoms with Crippen LogP contribution in [0.4, 0.5) is 5.69 Å². The Bertz CT molecular complexity index is 337. The topological polar surface area (TPSA) is 32.7 Å². The van der Waals surface area contributed by atoms with Gasteiger partial charge in [-0.25, -0.2) is 0 Å². The van der Waals surface area contributed by atoms with Crippen LogP contribution in [0.1, 0.15) is 25.3 Å². The molecule has 0 aromatic heterocycles. The maximum atomic E-state index is 8.92. The zero-order chi connectivity index (χ0) is 12.1. The van der Waals surface area contributed by atoms with Crippen molar-refractivity contribution in [3.63, 3.8) is 0 Å². The third-order valence-corrected chi connectivity index (χ3v) is 2.72. The summed E-state index contributed by atoms with van der Waals surface area (Å²) >= 11 is 0. The number of hydrogen-bond acceptors (Lipinski definition) is 3. The van der Waals surface area contributed by atoms with Crippen molar-refractivity contribution in [1.29, 1.82) is 0 Å². The molecule has 0 atom stereocenters. The summed E-state index contributed by atoms with van der Waals surface area (Å²) < 4.78 is 5.38. The van der Waals surface area contributed by atoms with Crippen molar-refractivity contribution in [3.05, 3.63) is 23.8 Å². The first-order valence-electron chi connectivity index (χ1n) is 5.60. The third kappa shape index (κ3) is 2.89. The van der Waals surface area contributed by atoms with Crippen LogP contribution in [0.15, 0.2) is 18.2 Å². The predicted octanol–water partition coefficient (Wildman–Crippen LogP) is 2.25. The molecule has 3 heteroatoms. The van der Waals surface area contributed by atoms with Crippen molar-refractivity contribution in [2.45, 2.75) is 19.8 Å². The Kier molecular flexibility index (Phi) is 4.62. The van der Waals surface area contributed by atoms with Gasteiger partial charge in [-0.3, -0.25) is 0 Å². The normalized spacial score (nSPS) is 10.6. The van der Waals surface area contributed by atoms with Crippen LogP contribution < -0.4 is 9.64 Å². The quantitative estimate of drug-likeness (QED) is 0.831. The van der Waals surface area contributed by atoms with Crippen molar-refractivity contribution >= 4 is 5.69 Å². The van der Waals surface area contributed by atoms with Gasteiger partial charge in [-0.05, 0) is 23.6 Å². The molecule has 0 fully saturated rings. The minimum Gasteiger partial charge on any atom is -0.495 e. The summed E-state index contributed by atoms with van der Waals surface area (Å²) in [7, 11) is 3.62. The van der Waals surface area contributed by atoms with Crippen molar-refractivity contribution < 1.29 is 9.84 Å². The predicted molar refractivity (Wildman–Crippen MR) is 67.4 cm³/mol. The highest BCUT2D eigenvalue weighted by Gasteiger charge is 2.09. The van der Waals surface area contributed by atoms with Crippen LogP contribution in [-0.4, -0.2) is 32.4 Å². The standard InChI is InChI=1S/C13H21NO2/c1-10(2)11-5-6-12(13(9-11)16-4)14(3)7-8-15/h5-6,9-10,15H,7-8H2,1-4H3. The van der Waals surface area contributed by atoms with Gasteiger partial charge in [-0.1, -0.05) is 19.9 Å². The number of nitrogens with zero attached hydrogens (tertiary/aromatic N) is 1. The molecule has 0 aliphatic rings. The van der Waals surface area contributed by atoms with Crippen molar-refractivity contribution in [2.24, 2.45) is 0 Å². The fourth-order valence-electron chi connectivity index (χ4n) is 1.64. The van der Waals surface area contributed by atoms with Gasteiger partial charge >= 0.3 is 0 Å². The molecule has 3 nitrogen and oxygen atoms in total. The van der Waals surface area contributed by atoms with E-state index >= 15 is 0 Å². The van der Waals surface area contributed by atoms with E-state index in [1.165, 1.54) is 5.56 Å². The Hall–Kier alpha value is -1.22. The number of likely N-dealkylation sites (N-methyl/N-ethyl adjacent to an activating group) is 1. The van der Waals surface area contributed by atoms with E-state index in [0.717, 1.165) is 11.4 Å². The lowest BCUT2D eigenvalue weighted by molar-refractivity contribution is 0.303. The largest absolute Gasteiger partial charge is 0.495 e. The molecule has 0 radical (unpaired) electrons. The van der Waals surface area contributed by atoms with Crippen molar-refractivity contribution in [1.82, 2.24) is 0 Å². The average Bonchev–Trinajstić information content (AvgIpc) is 2.28. The summed E-state index contributed by atoms with van der Waals surface area (Å²) in [5.41, 5.74) is 2.28. The highest BCUT2D eigenvalue weighted by Crippen LogP contribution is 2.30. The minimum absolute atomic E-state index is 0.144. The average molecular weight is 223 g/mol. The highest BCUT2D eigenvalue weighted by atomic mass is 16.5. The first kappa shape index (κ1) is 12.8. The molecule has 0 aliphatic carbocycles. The van der Waals surface area contributed by atoms with E-state index in [9.17, 15) is 0 Å². The number of methoxy groups -OCH3 is 1. The molecule has 1 aromatic carbocycles. The summed E-state index contributed by atoms with van der Waals surface area (Å²) in [5.74, 6) is 1.35. The molecule has 1 rings (SSSR count). The number of hydrogen-bond donors (Lipinski definition) is 1. The second-order valence-electron chi connectivity index (χ2n) is 4.23. The Morgan fingerprint density at radius 3 is 2.56 bits per heavy atom. The molecule has 1 aromatic rings. The first-order valence-corrected chi connectivity index (χ1v) is 5.60. The number of rotatable bonds is 5. The smallest absolute Gasteiger partial charge is 0.142 e. The maximum absolute atomic E-state index is 8.92. The Labute approximate surface area is 97.7 Å². The van der Waals surface area contributed by atoms with Crippen molar-refractivity contribution in [2.75, 3.05) is 32.2 Å². The van der Waals surface area contributed by atoms with E-state index in [1.807, 2.05) is 18.0 Å². The van der Waals surface area contributed by atoms with E-state index in [1.54, 1.807) is 7.11 Å². The molecule has 0 spiro atoms. The number of anilines is 1. The van der Waals surface area contributed by atoms with Crippen LogP contribution in [-0.2, 0) is 0 Å². The van der Waals surface area contributed by atoms with Gasteiger partial charge in [0.25, 0.3) is 0 Å². The Morgan fingerprint density at radius 2 is 2.06 bits per heavy atom. The second-order valence-corrected chi connectivity index (χ2v) is 4.23. The summed E-state index contributed by atoms with van der Waals surface area (Å²) in [4.78, 5) is 1.99. The van der Waals surface area contributed by atoms with Crippen LogP contribution in [0, 0.1) is 0 Å². The van der Waals surface area contributed by atoms with Crippen LogP contribution in [0.5, 0.6) is 5.75 Å². The van der Waals surface area contributed by atoms with Crippen LogP contribution >= 0.6 is 0 Å². The molecular formula is C13H21NO2. The fourth-order valence-corrected chi connectivity index (χ4v) is 1.64. The van der Waals surface area contributed by atoms with Gasteiger partial charge in [-0.2, -0.15) is 0 Å². The van der Waals surface area contributed by atoms with Crippen LogP contribution in [0.2, 0.25) is 0 Å². The third-order valence-electron chi connectivity index (χ3n) is 2.72. The Morgan fingerprint density at radius 1 is 1.38 bits per heavy atom. The van der Waals surface area contributed by atoms with E-state index in [4.69, 9.17) is 9.84 Å². The second kappa shape index (κ2) is 5.75. The number of benzene rings is 1. The monoisotopic (exact) mass is 223 g/mol. The zero-order valence-electron chi connectivity index (χ0n) is 10.5. The van der Waals surface area contributed by atoms with Crippen molar-refractivity contribution in [3.8, 4) is 5.75 Å². The van der Waals surface area contributed by atoms with E-state index in [2.05, 4.69) is 26.0 Å². The van der Waals surface area contributed by atoms with Gasteiger partial charge in [0.15, 0.2) is 0 Å². The van der Waals surface area contributed by atoms with Gasteiger partial charge in [-0.15, -0.1) is 0 Å². The molecule has 0 saturated carbocycles.